The Kier molecular flexibility index (Phi) is 2.97. The summed E-state index contributed by atoms with van der Waals surface area (Å²) in [7, 11) is 0. The van der Waals surface area contributed by atoms with Gasteiger partial charge in [-0.3, -0.25) is 4.79 Å². The third-order valence-corrected chi connectivity index (χ3v) is 3.66. The summed E-state index contributed by atoms with van der Waals surface area (Å²) >= 11 is 0. The molecule has 2 atom stereocenters. The number of carbonyl (C=O) groups is 1. The number of hydrogen-bond acceptors (Lipinski definition) is 1. The average molecular weight is 236 g/mol. The highest BCUT2D eigenvalue weighted by atomic mass is 16.1. The smallest absolute Gasteiger partial charge is 0.166 e. The van der Waals surface area contributed by atoms with E-state index in [-0.39, 0.29) is 5.92 Å². The molecule has 0 saturated heterocycles. The second-order valence-electron chi connectivity index (χ2n) is 5.02. The predicted molar refractivity (Wildman–Crippen MR) is 72.5 cm³/mol. The van der Waals surface area contributed by atoms with E-state index >= 15 is 0 Å². The summed E-state index contributed by atoms with van der Waals surface area (Å²) < 4.78 is 0. The van der Waals surface area contributed by atoms with Crippen molar-refractivity contribution in [2.24, 2.45) is 11.8 Å². The summed E-state index contributed by atoms with van der Waals surface area (Å²) in [5.41, 5.74) is 2.20. The molecule has 0 spiro atoms. The van der Waals surface area contributed by atoms with Crippen molar-refractivity contribution in [1.82, 2.24) is 0 Å². The highest BCUT2D eigenvalue weighted by Gasteiger charge is 2.42. The van der Waals surface area contributed by atoms with Gasteiger partial charge >= 0.3 is 0 Å². The Morgan fingerprint density at radius 3 is 2.22 bits per heavy atom. The van der Waals surface area contributed by atoms with Gasteiger partial charge in [0, 0.05) is 11.5 Å². The zero-order valence-electron chi connectivity index (χ0n) is 10.3. The van der Waals surface area contributed by atoms with Gasteiger partial charge in [-0.1, -0.05) is 60.7 Å². The maximum Gasteiger partial charge on any atom is 0.166 e. The van der Waals surface area contributed by atoms with E-state index in [4.69, 9.17) is 0 Å². The number of carbonyl (C=O) groups excluding carboxylic acids is 1. The lowest BCUT2D eigenvalue weighted by Crippen LogP contribution is -2.04. The molecule has 1 fully saturated rings. The van der Waals surface area contributed by atoms with Crippen LogP contribution < -0.4 is 0 Å². The maximum absolute atomic E-state index is 12.2. The Morgan fingerprint density at radius 1 is 0.944 bits per heavy atom. The molecule has 90 valence electrons. The van der Waals surface area contributed by atoms with E-state index in [0.29, 0.717) is 11.7 Å². The summed E-state index contributed by atoms with van der Waals surface area (Å²) in [5, 5.41) is 0. The summed E-state index contributed by atoms with van der Waals surface area (Å²) in [6, 6.07) is 20.1. The van der Waals surface area contributed by atoms with Crippen molar-refractivity contribution in [2.45, 2.75) is 12.8 Å². The van der Waals surface area contributed by atoms with E-state index in [1.807, 2.05) is 36.4 Å². The van der Waals surface area contributed by atoms with Crippen LogP contribution in [0, 0.1) is 11.8 Å². The lowest BCUT2D eigenvalue weighted by Gasteiger charge is -2.01. The second-order valence-corrected chi connectivity index (χ2v) is 5.02. The number of rotatable bonds is 4. The molecule has 0 bridgehead atoms. The first-order valence-electron chi connectivity index (χ1n) is 6.48. The first-order valence-corrected chi connectivity index (χ1v) is 6.48. The van der Waals surface area contributed by atoms with E-state index in [1.165, 1.54) is 5.56 Å². The quantitative estimate of drug-likeness (QED) is 0.739. The minimum Gasteiger partial charge on any atom is -0.294 e. The molecule has 1 aliphatic carbocycles. The minimum absolute atomic E-state index is 0.243. The molecule has 0 heterocycles. The lowest BCUT2D eigenvalue weighted by molar-refractivity contribution is 0.0961. The van der Waals surface area contributed by atoms with Crippen LogP contribution in [-0.2, 0) is 6.42 Å². The fourth-order valence-corrected chi connectivity index (χ4v) is 2.53. The molecular formula is C17H16O. The highest BCUT2D eigenvalue weighted by molar-refractivity contribution is 5.99. The van der Waals surface area contributed by atoms with Gasteiger partial charge < -0.3 is 0 Å². The van der Waals surface area contributed by atoms with Gasteiger partial charge in [0.15, 0.2) is 5.78 Å². The first-order chi connectivity index (χ1) is 8.84. The average Bonchev–Trinajstić information content (AvgIpc) is 3.19. The van der Waals surface area contributed by atoms with Crippen LogP contribution in [0.2, 0.25) is 0 Å². The van der Waals surface area contributed by atoms with E-state index < -0.39 is 0 Å². The second kappa shape index (κ2) is 4.77. The van der Waals surface area contributed by atoms with Crippen LogP contribution >= 0.6 is 0 Å². The van der Waals surface area contributed by atoms with Crippen LogP contribution in [0.1, 0.15) is 22.3 Å². The van der Waals surface area contributed by atoms with Crippen molar-refractivity contribution in [3.8, 4) is 0 Å². The third kappa shape index (κ3) is 2.35. The van der Waals surface area contributed by atoms with Gasteiger partial charge in [0.1, 0.15) is 0 Å². The third-order valence-electron chi connectivity index (χ3n) is 3.66. The van der Waals surface area contributed by atoms with E-state index in [2.05, 4.69) is 24.3 Å². The van der Waals surface area contributed by atoms with Crippen LogP contribution in [0.3, 0.4) is 0 Å². The standard InChI is InChI=1S/C17H16O/c18-17(14-9-5-2-6-10-14)16-12-15(16)11-13-7-3-1-4-8-13/h1-10,15-16H,11-12H2/t15-,16-/m0/s1. The van der Waals surface area contributed by atoms with Crippen molar-refractivity contribution in [3.63, 3.8) is 0 Å². The van der Waals surface area contributed by atoms with Crippen LogP contribution in [0.4, 0.5) is 0 Å². The van der Waals surface area contributed by atoms with E-state index in [1.54, 1.807) is 0 Å². The number of hydrogen-bond donors (Lipinski definition) is 0. The Balaban J connectivity index is 1.63. The Labute approximate surface area is 107 Å². The van der Waals surface area contributed by atoms with Crippen molar-refractivity contribution in [1.29, 1.82) is 0 Å². The molecular weight excluding hydrogens is 220 g/mol. The van der Waals surface area contributed by atoms with Crippen molar-refractivity contribution >= 4 is 5.78 Å². The van der Waals surface area contributed by atoms with E-state index in [9.17, 15) is 4.79 Å². The molecule has 1 aliphatic rings. The van der Waals surface area contributed by atoms with Crippen LogP contribution in [-0.4, -0.2) is 5.78 Å². The van der Waals surface area contributed by atoms with Gasteiger partial charge in [-0.25, -0.2) is 0 Å². The monoisotopic (exact) mass is 236 g/mol. The molecule has 0 amide bonds. The zero-order chi connectivity index (χ0) is 12.4. The molecule has 0 radical (unpaired) electrons. The molecule has 1 saturated carbocycles. The Morgan fingerprint density at radius 2 is 1.56 bits per heavy atom. The molecule has 3 rings (SSSR count). The molecule has 1 heteroatoms. The molecule has 2 aromatic carbocycles. The fraction of sp³-hybridized carbons (Fsp3) is 0.235. The molecule has 0 unspecified atom stereocenters. The number of ketones is 1. The van der Waals surface area contributed by atoms with Crippen LogP contribution in [0.5, 0.6) is 0 Å². The van der Waals surface area contributed by atoms with Crippen LogP contribution in [0.15, 0.2) is 60.7 Å². The van der Waals surface area contributed by atoms with Crippen LogP contribution in [0.25, 0.3) is 0 Å². The molecule has 0 aliphatic heterocycles. The molecule has 0 aromatic heterocycles. The largest absolute Gasteiger partial charge is 0.294 e. The summed E-state index contributed by atoms with van der Waals surface area (Å²) in [4.78, 5) is 12.2. The predicted octanol–water partition coefficient (Wildman–Crippen LogP) is 3.75. The van der Waals surface area contributed by atoms with Crippen molar-refractivity contribution in [3.05, 3.63) is 71.8 Å². The Hall–Kier alpha value is -1.89. The zero-order valence-corrected chi connectivity index (χ0v) is 10.3. The fourth-order valence-electron chi connectivity index (χ4n) is 2.53. The Bertz CT molecular complexity index is 530. The van der Waals surface area contributed by atoms with E-state index in [0.717, 1.165) is 18.4 Å². The topological polar surface area (TPSA) is 17.1 Å². The molecule has 1 nitrogen and oxygen atoms in total. The normalized spacial score (nSPS) is 21.6. The molecule has 0 N–H and O–H groups in total. The van der Waals surface area contributed by atoms with Gasteiger partial charge in [0.2, 0.25) is 0 Å². The van der Waals surface area contributed by atoms with Gasteiger partial charge in [0.25, 0.3) is 0 Å². The van der Waals surface area contributed by atoms with Gasteiger partial charge in [-0.15, -0.1) is 0 Å². The van der Waals surface area contributed by atoms with Crippen molar-refractivity contribution < 1.29 is 4.79 Å². The number of benzene rings is 2. The van der Waals surface area contributed by atoms with Gasteiger partial charge in [-0.2, -0.15) is 0 Å². The summed E-state index contributed by atoms with van der Waals surface area (Å²) in [6.07, 6.45) is 2.08. The highest BCUT2D eigenvalue weighted by Crippen LogP contribution is 2.43. The maximum atomic E-state index is 12.2. The minimum atomic E-state index is 0.243. The number of Topliss-reactive ketones (excluding diaryl/α,β-unsaturated/α-hetero) is 1. The lowest BCUT2D eigenvalue weighted by atomic mass is 10.0. The molecule has 2 aromatic rings. The molecule has 18 heavy (non-hydrogen) atoms. The summed E-state index contributed by atoms with van der Waals surface area (Å²) in [5.74, 6) is 1.10. The SMILES string of the molecule is O=C(c1ccccc1)[C@H]1C[C@@H]1Cc1ccccc1. The summed E-state index contributed by atoms with van der Waals surface area (Å²) in [6.45, 7) is 0. The van der Waals surface area contributed by atoms with Gasteiger partial charge in [-0.05, 0) is 24.3 Å². The van der Waals surface area contributed by atoms with Gasteiger partial charge in [0.05, 0.1) is 0 Å². The van der Waals surface area contributed by atoms with Crippen molar-refractivity contribution in [2.75, 3.05) is 0 Å². The first kappa shape index (κ1) is 11.2.